The van der Waals surface area contributed by atoms with Gasteiger partial charge >= 0.3 is 0 Å². The summed E-state index contributed by atoms with van der Waals surface area (Å²) in [5.41, 5.74) is 0. The van der Waals surface area contributed by atoms with E-state index in [0.29, 0.717) is 6.61 Å². The molecular weight excluding hydrogens is 356 g/mol. The largest absolute Gasteiger partial charge is 0.394 e. The van der Waals surface area contributed by atoms with Crippen LogP contribution >= 0.6 is 0 Å². The minimum Gasteiger partial charge on any atom is -0.394 e. The topological polar surface area (TPSA) is 79.2 Å². The van der Waals surface area contributed by atoms with Crippen LogP contribution in [0.5, 0.6) is 0 Å². The molecule has 0 unspecified atom stereocenters. The lowest BCUT2D eigenvalue weighted by atomic mass is 10.0. The van der Waals surface area contributed by atoms with Gasteiger partial charge in [-0.1, -0.05) is 70.4 Å². The fraction of sp³-hybridized carbons (Fsp3) is 0.913. The summed E-state index contributed by atoms with van der Waals surface area (Å²) in [5, 5.41) is 28.9. The highest BCUT2D eigenvalue weighted by Crippen LogP contribution is 2.19. The van der Waals surface area contributed by atoms with Gasteiger partial charge in [-0.25, -0.2) is 0 Å². The quantitative estimate of drug-likeness (QED) is 0.253. The van der Waals surface area contributed by atoms with Crippen LogP contribution in [-0.4, -0.2) is 59.6 Å². The number of aliphatic hydroxyl groups excluding tert-OH is 3. The first-order valence-electron chi connectivity index (χ1n) is 11.6. The smallest absolute Gasteiger partial charge is 0.114 e. The molecule has 5 nitrogen and oxygen atoms in total. The van der Waals surface area contributed by atoms with Crippen molar-refractivity contribution in [2.45, 2.75) is 115 Å². The highest BCUT2D eigenvalue weighted by atomic mass is 16.6. The highest BCUT2D eigenvalue weighted by molar-refractivity contribution is 4.87. The van der Waals surface area contributed by atoms with E-state index >= 15 is 0 Å². The van der Waals surface area contributed by atoms with E-state index < -0.39 is 24.4 Å². The molecule has 1 aliphatic rings. The molecule has 1 aliphatic heterocycles. The van der Waals surface area contributed by atoms with Crippen molar-refractivity contribution in [2.24, 2.45) is 0 Å². The summed E-state index contributed by atoms with van der Waals surface area (Å²) < 4.78 is 11.0. The Morgan fingerprint density at radius 2 is 1.43 bits per heavy atom. The molecule has 4 atom stereocenters. The Kier molecular flexibility index (Phi) is 15.9. The van der Waals surface area contributed by atoms with E-state index in [9.17, 15) is 15.3 Å². The first kappa shape index (κ1) is 25.6. The van der Waals surface area contributed by atoms with Crippen molar-refractivity contribution in [3.63, 3.8) is 0 Å². The molecule has 1 rings (SSSR count). The van der Waals surface area contributed by atoms with E-state index in [1.165, 1.54) is 64.2 Å². The lowest BCUT2D eigenvalue weighted by Crippen LogP contribution is -2.55. The zero-order valence-electron chi connectivity index (χ0n) is 17.9. The van der Waals surface area contributed by atoms with E-state index in [1.54, 1.807) is 0 Å². The second-order valence-electron chi connectivity index (χ2n) is 8.03. The molecule has 5 heteroatoms. The fourth-order valence-electron chi connectivity index (χ4n) is 3.61. The molecule has 0 amide bonds. The van der Waals surface area contributed by atoms with Crippen molar-refractivity contribution >= 4 is 0 Å². The van der Waals surface area contributed by atoms with Crippen molar-refractivity contribution in [1.29, 1.82) is 0 Å². The van der Waals surface area contributed by atoms with Gasteiger partial charge in [-0.05, 0) is 32.1 Å². The van der Waals surface area contributed by atoms with Gasteiger partial charge in [-0.15, -0.1) is 0 Å². The van der Waals surface area contributed by atoms with Crippen LogP contribution in [0.2, 0.25) is 0 Å². The number of allylic oxidation sites excluding steroid dienone is 2. The summed E-state index contributed by atoms with van der Waals surface area (Å²) in [5.74, 6) is 0. The van der Waals surface area contributed by atoms with E-state index in [0.717, 1.165) is 19.3 Å². The molecule has 28 heavy (non-hydrogen) atoms. The van der Waals surface area contributed by atoms with E-state index in [-0.39, 0.29) is 13.2 Å². The van der Waals surface area contributed by atoms with Crippen molar-refractivity contribution in [1.82, 2.24) is 0 Å². The van der Waals surface area contributed by atoms with Crippen LogP contribution in [0.4, 0.5) is 0 Å². The van der Waals surface area contributed by atoms with Crippen LogP contribution in [0.25, 0.3) is 0 Å². The summed E-state index contributed by atoms with van der Waals surface area (Å²) in [7, 11) is 0. The molecule has 0 saturated carbocycles. The van der Waals surface area contributed by atoms with Gasteiger partial charge in [0.15, 0.2) is 0 Å². The number of unbranched alkanes of at least 4 members (excludes halogenated alkanes) is 11. The normalized spacial score (nSPS) is 25.6. The Balaban J connectivity index is 1.91. The van der Waals surface area contributed by atoms with Crippen LogP contribution in [0.15, 0.2) is 12.2 Å². The molecule has 1 heterocycles. The molecule has 0 aromatic rings. The summed E-state index contributed by atoms with van der Waals surface area (Å²) >= 11 is 0. The Bertz CT molecular complexity index is 372. The Labute approximate surface area is 172 Å². The Morgan fingerprint density at radius 3 is 2.04 bits per heavy atom. The molecule has 166 valence electrons. The van der Waals surface area contributed by atoms with Crippen LogP contribution in [0, 0.1) is 0 Å². The SMILES string of the molecule is CCCCCCCCC/C=C/CCCCCCO[C@H]1[C@H](O)[C@@H](O)CO[C@@H]1CO. The van der Waals surface area contributed by atoms with Crippen LogP contribution < -0.4 is 0 Å². The molecule has 0 spiro atoms. The monoisotopic (exact) mass is 400 g/mol. The van der Waals surface area contributed by atoms with Gasteiger partial charge in [0.1, 0.15) is 24.4 Å². The summed E-state index contributed by atoms with van der Waals surface area (Å²) in [6.45, 7) is 2.61. The van der Waals surface area contributed by atoms with Crippen LogP contribution in [-0.2, 0) is 9.47 Å². The maximum atomic E-state index is 9.99. The lowest BCUT2D eigenvalue weighted by molar-refractivity contribution is -0.211. The average molecular weight is 401 g/mol. The third-order valence-corrected chi connectivity index (χ3v) is 5.47. The number of rotatable bonds is 17. The second kappa shape index (κ2) is 17.4. The van der Waals surface area contributed by atoms with E-state index in [1.807, 2.05) is 0 Å². The molecule has 0 aromatic heterocycles. The van der Waals surface area contributed by atoms with Crippen LogP contribution in [0.1, 0.15) is 90.4 Å². The third kappa shape index (κ3) is 11.5. The second-order valence-corrected chi connectivity index (χ2v) is 8.03. The number of ether oxygens (including phenoxy) is 2. The van der Waals surface area contributed by atoms with Gasteiger partial charge in [-0.2, -0.15) is 0 Å². The predicted octanol–water partition coefficient (Wildman–Crippen LogP) is 4.13. The predicted molar refractivity (Wildman–Crippen MR) is 113 cm³/mol. The summed E-state index contributed by atoms with van der Waals surface area (Å²) in [6.07, 6.45) is 17.8. The van der Waals surface area contributed by atoms with Crippen molar-refractivity contribution in [2.75, 3.05) is 19.8 Å². The molecule has 1 fully saturated rings. The van der Waals surface area contributed by atoms with Crippen molar-refractivity contribution in [3.8, 4) is 0 Å². The van der Waals surface area contributed by atoms with Crippen LogP contribution in [0.3, 0.4) is 0 Å². The Hall–Kier alpha value is -0.460. The Morgan fingerprint density at radius 1 is 0.857 bits per heavy atom. The molecule has 0 aromatic carbocycles. The van der Waals surface area contributed by atoms with E-state index in [2.05, 4.69) is 19.1 Å². The molecule has 3 N–H and O–H groups in total. The average Bonchev–Trinajstić information content (AvgIpc) is 2.70. The van der Waals surface area contributed by atoms with Gasteiger partial charge in [0.25, 0.3) is 0 Å². The van der Waals surface area contributed by atoms with Gasteiger partial charge < -0.3 is 24.8 Å². The van der Waals surface area contributed by atoms with Gasteiger partial charge in [-0.3, -0.25) is 0 Å². The molecular formula is C23H44O5. The molecule has 0 bridgehead atoms. The summed E-state index contributed by atoms with van der Waals surface area (Å²) in [6, 6.07) is 0. The first-order valence-corrected chi connectivity index (χ1v) is 11.6. The maximum absolute atomic E-state index is 9.99. The van der Waals surface area contributed by atoms with Gasteiger partial charge in [0, 0.05) is 6.61 Å². The maximum Gasteiger partial charge on any atom is 0.114 e. The molecule has 1 saturated heterocycles. The zero-order chi connectivity index (χ0) is 20.5. The molecule has 0 aliphatic carbocycles. The van der Waals surface area contributed by atoms with Gasteiger partial charge in [0.05, 0.1) is 13.2 Å². The van der Waals surface area contributed by atoms with Gasteiger partial charge in [0.2, 0.25) is 0 Å². The van der Waals surface area contributed by atoms with Crippen molar-refractivity contribution < 1.29 is 24.8 Å². The highest BCUT2D eigenvalue weighted by Gasteiger charge is 2.39. The number of hydrogen-bond acceptors (Lipinski definition) is 5. The number of hydrogen-bond donors (Lipinski definition) is 3. The first-order chi connectivity index (χ1) is 13.7. The molecule has 0 radical (unpaired) electrons. The summed E-state index contributed by atoms with van der Waals surface area (Å²) in [4.78, 5) is 0. The van der Waals surface area contributed by atoms with E-state index in [4.69, 9.17) is 9.47 Å². The fourth-order valence-corrected chi connectivity index (χ4v) is 3.61. The third-order valence-electron chi connectivity index (χ3n) is 5.47. The van der Waals surface area contributed by atoms with Crippen molar-refractivity contribution in [3.05, 3.63) is 12.2 Å². The number of aliphatic hydroxyl groups is 3. The minimum atomic E-state index is -0.993. The zero-order valence-corrected chi connectivity index (χ0v) is 17.9. The standard InChI is InChI=1S/C23H44O5/c1-2-3-4-5-6-7-8-9-10-11-12-13-14-15-16-17-27-23-21(18-24)28-19-20(25)22(23)26/h10-11,20-26H,2-9,12-19H2,1H3/b11-10+/t20-,21+,22+,23+/m0/s1. The minimum absolute atomic E-state index is 0.0404. The lowest BCUT2D eigenvalue weighted by Gasteiger charge is -2.37.